The van der Waals surface area contributed by atoms with E-state index in [0.717, 1.165) is 30.8 Å². The van der Waals surface area contributed by atoms with Crippen LogP contribution < -0.4 is 11.0 Å². The van der Waals surface area contributed by atoms with E-state index in [1.54, 1.807) is 21.7 Å². The normalized spacial score (nSPS) is 15.6. The second-order valence-corrected chi connectivity index (χ2v) is 9.13. The molecule has 0 radical (unpaired) electrons. The van der Waals surface area contributed by atoms with Crippen molar-refractivity contribution in [2.45, 2.75) is 26.8 Å². The summed E-state index contributed by atoms with van der Waals surface area (Å²) in [4.78, 5) is 36.2. The van der Waals surface area contributed by atoms with E-state index in [1.807, 2.05) is 56.3 Å². The number of pyridine rings is 2. The molecule has 0 bridgehead atoms. The van der Waals surface area contributed by atoms with Gasteiger partial charge in [0.1, 0.15) is 16.8 Å². The van der Waals surface area contributed by atoms with Gasteiger partial charge in [-0.3, -0.25) is 19.4 Å². The van der Waals surface area contributed by atoms with Crippen LogP contribution in [-0.4, -0.2) is 62.4 Å². The Kier molecular flexibility index (Phi) is 5.98. The zero-order chi connectivity index (χ0) is 24.7. The standard InChI is InChI=1S/C27H30N6O2/c1-4-30-13-15-31(16-14-30)26(34)21-17-22-25(29-24-18(2)9-8-12-32(24)27(22)35)33(23(21)28)19(3)20-10-6-5-7-11-20/h5-12,17,19,28H,4,13-16H2,1-3H3. The number of nitrogens with zero attached hydrogens (tertiary/aromatic N) is 5. The largest absolute Gasteiger partial charge is 0.336 e. The molecule has 4 heterocycles. The van der Waals surface area contributed by atoms with Crippen LogP contribution in [0.25, 0.3) is 16.7 Å². The Balaban J connectivity index is 1.76. The summed E-state index contributed by atoms with van der Waals surface area (Å²) in [5, 5.41) is 9.46. The average Bonchev–Trinajstić information content (AvgIpc) is 2.89. The van der Waals surface area contributed by atoms with Crippen molar-refractivity contribution in [3.05, 3.63) is 87.3 Å². The fourth-order valence-electron chi connectivity index (χ4n) is 4.92. The van der Waals surface area contributed by atoms with E-state index in [1.165, 1.54) is 4.40 Å². The lowest BCUT2D eigenvalue weighted by Gasteiger charge is -2.34. The third-order valence-corrected chi connectivity index (χ3v) is 7.08. The first kappa shape index (κ1) is 23.0. The maximum Gasteiger partial charge on any atom is 0.267 e. The first-order valence-corrected chi connectivity index (χ1v) is 12.1. The summed E-state index contributed by atoms with van der Waals surface area (Å²) in [7, 11) is 0. The highest BCUT2D eigenvalue weighted by Crippen LogP contribution is 2.22. The second-order valence-electron chi connectivity index (χ2n) is 9.13. The van der Waals surface area contributed by atoms with Crippen LogP contribution in [0.15, 0.2) is 59.5 Å². The van der Waals surface area contributed by atoms with Gasteiger partial charge in [-0.15, -0.1) is 0 Å². The van der Waals surface area contributed by atoms with E-state index in [9.17, 15) is 9.59 Å². The topological polar surface area (TPSA) is 86.7 Å². The summed E-state index contributed by atoms with van der Waals surface area (Å²) in [6, 6.07) is 14.8. The number of likely N-dealkylation sites (N-methyl/N-ethyl adjacent to an activating group) is 1. The first-order chi connectivity index (χ1) is 16.9. The van der Waals surface area contributed by atoms with Gasteiger partial charge in [-0.05, 0) is 43.7 Å². The number of carbonyl (C=O) groups is 1. The Morgan fingerprint density at radius 2 is 1.77 bits per heavy atom. The van der Waals surface area contributed by atoms with E-state index < -0.39 is 0 Å². The molecule has 1 atom stereocenters. The van der Waals surface area contributed by atoms with Gasteiger partial charge in [-0.1, -0.05) is 43.3 Å². The Morgan fingerprint density at radius 1 is 1.06 bits per heavy atom. The van der Waals surface area contributed by atoms with Gasteiger partial charge in [0, 0.05) is 32.4 Å². The zero-order valence-electron chi connectivity index (χ0n) is 20.4. The highest BCUT2D eigenvalue weighted by Gasteiger charge is 2.26. The minimum absolute atomic E-state index is 0.0709. The van der Waals surface area contributed by atoms with E-state index >= 15 is 0 Å². The highest BCUT2D eigenvalue weighted by molar-refractivity contribution is 5.97. The van der Waals surface area contributed by atoms with Crippen LogP contribution in [0.1, 0.15) is 41.4 Å². The Hall–Kier alpha value is -3.78. The van der Waals surface area contributed by atoms with Gasteiger partial charge in [-0.2, -0.15) is 0 Å². The number of hydrogen-bond acceptors (Lipinski definition) is 5. The third-order valence-electron chi connectivity index (χ3n) is 7.08. The van der Waals surface area contributed by atoms with Crippen molar-refractivity contribution >= 4 is 22.6 Å². The minimum atomic E-state index is -0.297. The average molecular weight is 471 g/mol. The quantitative estimate of drug-likeness (QED) is 0.465. The molecular formula is C27H30N6O2. The molecule has 8 heteroatoms. The molecule has 5 rings (SSSR count). The van der Waals surface area contributed by atoms with Crippen LogP contribution in [0, 0.1) is 12.3 Å². The zero-order valence-corrected chi connectivity index (χ0v) is 20.4. The van der Waals surface area contributed by atoms with Crippen LogP contribution in [-0.2, 0) is 0 Å². The predicted octanol–water partition coefficient (Wildman–Crippen LogP) is 2.82. The van der Waals surface area contributed by atoms with Crippen LogP contribution in [0.4, 0.5) is 0 Å². The number of piperazine rings is 1. The lowest BCUT2D eigenvalue weighted by molar-refractivity contribution is 0.0640. The van der Waals surface area contributed by atoms with Crippen molar-refractivity contribution < 1.29 is 4.79 Å². The molecule has 0 aliphatic carbocycles. The van der Waals surface area contributed by atoms with Crippen LogP contribution >= 0.6 is 0 Å². The van der Waals surface area contributed by atoms with Gasteiger partial charge in [0.15, 0.2) is 0 Å². The molecule has 4 aromatic rings. The van der Waals surface area contributed by atoms with Gasteiger partial charge >= 0.3 is 0 Å². The summed E-state index contributed by atoms with van der Waals surface area (Å²) in [5.41, 5.74) is 2.86. The smallest absolute Gasteiger partial charge is 0.267 e. The Bertz CT molecular complexity index is 1530. The predicted molar refractivity (Wildman–Crippen MR) is 136 cm³/mol. The monoisotopic (exact) mass is 470 g/mol. The van der Waals surface area contributed by atoms with Crippen LogP contribution in [0.2, 0.25) is 0 Å². The molecule has 1 aliphatic heterocycles. The minimum Gasteiger partial charge on any atom is -0.336 e. The number of aryl methyl sites for hydroxylation is 1. The van der Waals surface area contributed by atoms with Crippen molar-refractivity contribution in [3.8, 4) is 0 Å². The van der Waals surface area contributed by atoms with E-state index in [0.29, 0.717) is 29.8 Å². The molecule has 1 saturated heterocycles. The molecule has 1 fully saturated rings. The van der Waals surface area contributed by atoms with Crippen LogP contribution in [0.5, 0.6) is 0 Å². The van der Waals surface area contributed by atoms with Gasteiger partial charge in [0.05, 0.1) is 17.0 Å². The number of aromatic nitrogens is 3. The lowest BCUT2D eigenvalue weighted by Crippen LogP contribution is -2.49. The maximum atomic E-state index is 13.6. The molecule has 1 unspecified atom stereocenters. The second kappa shape index (κ2) is 9.11. The molecule has 3 aromatic heterocycles. The van der Waals surface area contributed by atoms with Crippen molar-refractivity contribution in [2.75, 3.05) is 32.7 Å². The van der Waals surface area contributed by atoms with Gasteiger partial charge in [0.25, 0.3) is 11.5 Å². The summed E-state index contributed by atoms with van der Waals surface area (Å²) in [6.07, 6.45) is 1.70. The Labute approximate surface area is 203 Å². The molecule has 0 spiro atoms. The molecule has 180 valence electrons. The number of carbonyl (C=O) groups excluding carboxylic acids is 1. The summed E-state index contributed by atoms with van der Waals surface area (Å²) in [5.74, 6) is -0.213. The van der Waals surface area contributed by atoms with Gasteiger partial charge < -0.3 is 14.4 Å². The third kappa shape index (κ3) is 3.93. The number of hydrogen-bond donors (Lipinski definition) is 1. The van der Waals surface area contributed by atoms with Crippen molar-refractivity contribution in [2.24, 2.45) is 0 Å². The summed E-state index contributed by atoms with van der Waals surface area (Å²) < 4.78 is 3.25. The summed E-state index contributed by atoms with van der Waals surface area (Å²) in [6.45, 7) is 9.76. The van der Waals surface area contributed by atoms with E-state index in [4.69, 9.17) is 10.4 Å². The number of benzene rings is 1. The Morgan fingerprint density at radius 3 is 2.46 bits per heavy atom. The van der Waals surface area contributed by atoms with Crippen molar-refractivity contribution in [1.29, 1.82) is 5.41 Å². The molecule has 0 saturated carbocycles. The number of nitrogens with one attached hydrogen (secondary N) is 1. The molecular weight excluding hydrogens is 440 g/mol. The molecule has 1 N–H and O–H groups in total. The molecule has 1 aromatic carbocycles. The number of amides is 1. The van der Waals surface area contributed by atoms with Crippen molar-refractivity contribution in [3.63, 3.8) is 0 Å². The first-order valence-electron chi connectivity index (χ1n) is 12.1. The van der Waals surface area contributed by atoms with Crippen molar-refractivity contribution in [1.82, 2.24) is 23.8 Å². The molecule has 8 nitrogen and oxygen atoms in total. The number of fused-ring (bicyclic) bond motifs is 2. The molecule has 1 amide bonds. The maximum absolute atomic E-state index is 13.6. The highest BCUT2D eigenvalue weighted by atomic mass is 16.2. The fraction of sp³-hybridized carbons (Fsp3) is 0.333. The lowest BCUT2D eigenvalue weighted by atomic mass is 10.1. The fourth-order valence-corrected chi connectivity index (χ4v) is 4.92. The SMILES string of the molecule is CCN1CCN(C(=O)c2cc3c(=O)n4cccc(C)c4nc3n(C(C)c3ccccc3)c2=N)CC1. The molecule has 35 heavy (non-hydrogen) atoms. The molecule has 1 aliphatic rings. The van der Waals surface area contributed by atoms with E-state index in [-0.39, 0.29) is 28.6 Å². The van der Waals surface area contributed by atoms with Gasteiger partial charge in [0.2, 0.25) is 0 Å². The number of rotatable bonds is 4. The van der Waals surface area contributed by atoms with Gasteiger partial charge in [-0.25, -0.2) is 4.98 Å². The van der Waals surface area contributed by atoms with E-state index in [2.05, 4.69) is 11.8 Å². The summed E-state index contributed by atoms with van der Waals surface area (Å²) >= 11 is 0. The van der Waals surface area contributed by atoms with Crippen LogP contribution in [0.3, 0.4) is 0 Å².